The van der Waals surface area contributed by atoms with Gasteiger partial charge in [0.2, 0.25) is 11.7 Å². The third kappa shape index (κ3) is 3.48. The van der Waals surface area contributed by atoms with Crippen LogP contribution in [0.5, 0.6) is 0 Å². The van der Waals surface area contributed by atoms with Crippen LogP contribution in [0.1, 0.15) is 17.3 Å². The van der Waals surface area contributed by atoms with Gasteiger partial charge in [0.25, 0.3) is 0 Å². The summed E-state index contributed by atoms with van der Waals surface area (Å²) in [5.41, 5.74) is 1.20. The summed E-state index contributed by atoms with van der Waals surface area (Å²) in [5, 5.41) is 13.2. The molecule has 0 N–H and O–H groups in total. The molecule has 0 atom stereocenters. The molecule has 0 spiro atoms. The first kappa shape index (κ1) is 15.6. The largest absolute Gasteiger partial charge is 0.461 e. The molecule has 0 saturated heterocycles. The highest BCUT2D eigenvalue weighted by molar-refractivity contribution is 7.98. The first-order chi connectivity index (χ1) is 12.3. The van der Waals surface area contributed by atoms with E-state index >= 15 is 0 Å². The Morgan fingerprint density at radius 2 is 1.96 bits per heavy atom. The highest BCUT2D eigenvalue weighted by Gasteiger charge is 2.14. The van der Waals surface area contributed by atoms with Gasteiger partial charge in [-0.1, -0.05) is 47.3 Å². The van der Waals surface area contributed by atoms with Gasteiger partial charge in [0, 0.05) is 0 Å². The fourth-order valence-corrected chi connectivity index (χ4v) is 3.18. The van der Waals surface area contributed by atoms with E-state index in [-0.39, 0.29) is 0 Å². The molecule has 0 saturated carbocycles. The van der Waals surface area contributed by atoms with Crippen LogP contribution in [-0.2, 0) is 12.3 Å². The maximum Gasteiger partial charge on any atom is 0.238 e. The summed E-state index contributed by atoms with van der Waals surface area (Å²) < 4.78 is 12.6. The number of rotatable bonds is 6. The molecule has 126 valence electrons. The molecule has 0 radical (unpaired) electrons. The predicted octanol–water partition coefficient (Wildman–Crippen LogP) is 3.57. The van der Waals surface area contributed by atoms with Crippen molar-refractivity contribution < 1.29 is 8.94 Å². The standard InChI is InChI=1S/C17H15N5O2S/c1-12-19-20-17(22(12)10-13-6-3-2-4-7-13)25-11-15-18-16(21-24-15)14-8-5-9-23-14/h2-9H,10-11H2,1H3. The van der Waals surface area contributed by atoms with E-state index < -0.39 is 0 Å². The molecule has 0 unspecified atom stereocenters. The quantitative estimate of drug-likeness (QED) is 0.490. The van der Waals surface area contributed by atoms with E-state index in [1.165, 1.54) is 17.3 Å². The molecule has 0 bridgehead atoms. The number of furan rings is 1. The molecule has 25 heavy (non-hydrogen) atoms. The van der Waals surface area contributed by atoms with E-state index in [1.807, 2.05) is 25.1 Å². The van der Waals surface area contributed by atoms with Crippen LogP contribution >= 0.6 is 11.8 Å². The van der Waals surface area contributed by atoms with E-state index in [4.69, 9.17) is 8.94 Å². The summed E-state index contributed by atoms with van der Waals surface area (Å²) in [6.45, 7) is 2.67. The zero-order valence-electron chi connectivity index (χ0n) is 13.5. The number of hydrogen-bond donors (Lipinski definition) is 0. The van der Waals surface area contributed by atoms with E-state index in [0.717, 1.165) is 17.5 Å². The van der Waals surface area contributed by atoms with Crippen molar-refractivity contribution in [2.24, 2.45) is 0 Å². The summed E-state index contributed by atoms with van der Waals surface area (Å²) in [6, 6.07) is 13.8. The van der Waals surface area contributed by atoms with Gasteiger partial charge in [0.1, 0.15) is 5.82 Å². The highest BCUT2D eigenvalue weighted by Crippen LogP contribution is 2.24. The van der Waals surface area contributed by atoms with Crippen LogP contribution < -0.4 is 0 Å². The Bertz CT molecular complexity index is 947. The lowest BCUT2D eigenvalue weighted by Crippen LogP contribution is -2.03. The molecule has 0 fully saturated rings. The zero-order chi connectivity index (χ0) is 17.1. The number of thioether (sulfide) groups is 1. The van der Waals surface area contributed by atoms with Gasteiger partial charge in [0.05, 0.1) is 18.6 Å². The Balaban J connectivity index is 1.47. The van der Waals surface area contributed by atoms with Crippen LogP contribution in [0.3, 0.4) is 0 Å². The maximum atomic E-state index is 5.28. The fourth-order valence-electron chi connectivity index (χ4n) is 2.36. The molecule has 0 aliphatic rings. The highest BCUT2D eigenvalue weighted by atomic mass is 32.2. The van der Waals surface area contributed by atoms with Crippen LogP contribution in [-0.4, -0.2) is 24.9 Å². The molecular weight excluding hydrogens is 338 g/mol. The van der Waals surface area contributed by atoms with Gasteiger partial charge in [-0.3, -0.25) is 0 Å². The number of hydrogen-bond acceptors (Lipinski definition) is 7. The SMILES string of the molecule is Cc1nnc(SCc2nc(-c3ccco3)no2)n1Cc1ccccc1. The average molecular weight is 353 g/mol. The number of nitrogens with zero attached hydrogens (tertiary/aromatic N) is 5. The van der Waals surface area contributed by atoms with Crippen molar-refractivity contribution in [1.29, 1.82) is 0 Å². The first-order valence-corrected chi connectivity index (χ1v) is 8.71. The Labute approximate surface area is 148 Å². The molecule has 1 aromatic carbocycles. The maximum absolute atomic E-state index is 5.28. The van der Waals surface area contributed by atoms with Crippen LogP contribution in [0.25, 0.3) is 11.6 Å². The molecule has 0 aliphatic heterocycles. The molecule has 0 amide bonds. The van der Waals surface area contributed by atoms with Crippen molar-refractivity contribution >= 4 is 11.8 Å². The lowest BCUT2D eigenvalue weighted by atomic mass is 10.2. The van der Waals surface area contributed by atoms with Crippen molar-refractivity contribution in [3.05, 3.63) is 66.0 Å². The summed E-state index contributed by atoms with van der Waals surface area (Å²) in [7, 11) is 0. The average Bonchev–Trinajstić information content (AvgIpc) is 3.37. The van der Waals surface area contributed by atoms with Gasteiger partial charge in [-0.05, 0) is 24.6 Å². The molecule has 3 heterocycles. The minimum atomic E-state index is 0.447. The van der Waals surface area contributed by atoms with Crippen molar-refractivity contribution in [2.75, 3.05) is 0 Å². The Morgan fingerprint density at radius 3 is 2.76 bits per heavy atom. The summed E-state index contributed by atoms with van der Waals surface area (Å²) >= 11 is 1.51. The Hall–Kier alpha value is -2.87. The minimum Gasteiger partial charge on any atom is -0.461 e. The van der Waals surface area contributed by atoms with E-state index in [0.29, 0.717) is 23.2 Å². The topological polar surface area (TPSA) is 82.8 Å². The zero-order valence-corrected chi connectivity index (χ0v) is 14.3. The van der Waals surface area contributed by atoms with Crippen molar-refractivity contribution in [3.63, 3.8) is 0 Å². The summed E-state index contributed by atoms with van der Waals surface area (Å²) in [5.74, 6) is 2.93. The molecule has 0 aliphatic carbocycles. The number of aryl methyl sites for hydroxylation is 1. The first-order valence-electron chi connectivity index (χ1n) is 7.72. The third-order valence-corrected chi connectivity index (χ3v) is 4.57. The second kappa shape index (κ2) is 6.94. The van der Waals surface area contributed by atoms with Crippen molar-refractivity contribution in [2.45, 2.75) is 24.4 Å². The third-order valence-electron chi connectivity index (χ3n) is 3.62. The smallest absolute Gasteiger partial charge is 0.238 e. The molecule has 8 heteroatoms. The predicted molar refractivity (Wildman–Crippen MR) is 91.9 cm³/mol. The minimum absolute atomic E-state index is 0.447. The lowest BCUT2D eigenvalue weighted by molar-refractivity contribution is 0.390. The van der Waals surface area contributed by atoms with Gasteiger partial charge < -0.3 is 13.5 Å². The van der Waals surface area contributed by atoms with Crippen LogP contribution in [0, 0.1) is 6.92 Å². The molecule has 4 rings (SSSR count). The summed E-state index contributed by atoms with van der Waals surface area (Å²) in [4.78, 5) is 4.34. The van der Waals surface area contributed by atoms with Crippen LogP contribution in [0.4, 0.5) is 0 Å². The van der Waals surface area contributed by atoms with Gasteiger partial charge >= 0.3 is 0 Å². The number of aromatic nitrogens is 5. The van der Waals surface area contributed by atoms with Gasteiger partial charge in [-0.25, -0.2) is 0 Å². The second-order valence-corrected chi connectivity index (χ2v) is 6.32. The second-order valence-electron chi connectivity index (χ2n) is 5.38. The van der Waals surface area contributed by atoms with Crippen LogP contribution in [0.2, 0.25) is 0 Å². The van der Waals surface area contributed by atoms with Gasteiger partial charge in [0.15, 0.2) is 10.9 Å². The monoisotopic (exact) mass is 353 g/mol. The van der Waals surface area contributed by atoms with Gasteiger partial charge in [-0.15, -0.1) is 10.2 Å². The molecule has 4 aromatic rings. The molecule has 3 aromatic heterocycles. The van der Waals surface area contributed by atoms with Crippen molar-refractivity contribution in [1.82, 2.24) is 24.9 Å². The van der Waals surface area contributed by atoms with Crippen molar-refractivity contribution in [3.8, 4) is 11.6 Å². The van der Waals surface area contributed by atoms with E-state index in [9.17, 15) is 0 Å². The van der Waals surface area contributed by atoms with E-state index in [2.05, 4.69) is 37.0 Å². The normalized spacial score (nSPS) is 11.1. The van der Waals surface area contributed by atoms with E-state index in [1.54, 1.807) is 18.4 Å². The molecule has 7 nitrogen and oxygen atoms in total. The number of benzene rings is 1. The Morgan fingerprint density at radius 1 is 1.08 bits per heavy atom. The lowest BCUT2D eigenvalue weighted by Gasteiger charge is -2.07. The fraction of sp³-hybridized carbons (Fsp3) is 0.176. The van der Waals surface area contributed by atoms with Crippen LogP contribution in [0.15, 0.2) is 62.8 Å². The molecular formula is C17H15N5O2S. The Kier molecular flexibility index (Phi) is 4.34. The van der Waals surface area contributed by atoms with Gasteiger partial charge in [-0.2, -0.15) is 4.98 Å². The summed E-state index contributed by atoms with van der Waals surface area (Å²) in [6.07, 6.45) is 1.58.